The van der Waals surface area contributed by atoms with Crippen LogP contribution >= 0.6 is 0 Å². The van der Waals surface area contributed by atoms with Crippen LogP contribution in [-0.2, 0) is 28.7 Å². The molecule has 4 rings (SSSR count). The van der Waals surface area contributed by atoms with Gasteiger partial charge in [0.15, 0.2) is 0 Å². The summed E-state index contributed by atoms with van der Waals surface area (Å²) < 4.78 is 39.8. The number of carbonyl (C=O) groups excluding carboxylic acids is 2. The molecule has 1 fully saturated rings. The number of nitrogens with one attached hydrogen (secondary N) is 1. The van der Waals surface area contributed by atoms with Gasteiger partial charge in [0.25, 0.3) is 0 Å². The zero-order valence-electron chi connectivity index (χ0n) is 17.5. The molecular weight excluding hydrogens is 421 g/mol. The van der Waals surface area contributed by atoms with E-state index >= 15 is 0 Å². The molecule has 1 atom stereocenters. The highest BCUT2D eigenvalue weighted by Gasteiger charge is 2.33. The lowest BCUT2D eigenvalue weighted by Gasteiger charge is -2.34. The second kappa shape index (κ2) is 8.82. The summed E-state index contributed by atoms with van der Waals surface area (Å²) in [6, 6.07) is 10.4. The zero-order chi connectivity index (χ0) is 22.9. The minimum Gasteiger partial charge on any atom is -0.370 e. The van der Waals surface area contributed by atoms with E-state index in [1.54, 1.807) is 4.90 Å². The molecule has 9 heteroatoms. The van der Waals surface area contributed by atoms with Crippen molar-refractivity contribution in [3.8, 4) is 0 Å². The smallest absolute Gasteiger partial charge is 0.370 e. The fourth-order valence-electron chi connectivity index (χ4n) is 4.44. The van der Waals surface area contributed by atoms with E-state index in [1.165, 1.54) is 6.07 Å². The number of alkyl halides is 3. The Balaban J connectivity index is 1.56. The van der Waals surface area contributed by atoms with Gasteiger partial charge in [-0.1, -0.05) is 24.3 Å². The Hall–Kier alpha value is -3.07. The molecule has 0 unspecified atom stereocenters. The van der Waals surface area contributed by atoms with Gasteiger partial charge in [-0.05, 0) is 48.6 Å². The van der Waals surface area contributed by atoms with E-state index in [2.05, 4.69) is 5.32 Å². The Morgan fingerprint density at radius 1 is 1.06 bits per heavy atom. The molecule has 2 heterocycles. The third-order valence-corrected chi connectivity index (χ3v) is 6.07. The van der Waals surface area contributed by atoms with E-state index in [0.717, 1.165) is 49.2 Å². The number of hydrogen-bond donors (Lipinski definition) is 2. The third kappa shape index (κ3) is 4.72. The molecule has 0 spiro atoms. The molecule has 2 amide bonds. The number of halogens is 3. The quantitative estimate of drug-likeness (QED) is 0.740. The number of benzene rings is 2. The summed E-state index contributed by atoms with van der Waals surface area (Å²) in [5.41, 5.74) is 7.44. The van der Waals surface area contributed by atoms with Crippen molar-refractivity contribution in [2.45, 2.75) is 38.0 Å². The summed E-state index contributed by atoms with van der Waals surface area (Å²) in [5.74, 6) is -1.03. The van der Waals surface area contributed by atoms with Crippen LogP contribution < -0.4 is 16.0 Å². The van der Waals surface area contributed by atoms with Gasteiger partial charge in [-0.3, -0.25) is 14.5 Å². The molecule has 32 heavy (non-hydrogen) atoms. The second-order valence-corrected chi connectivity index (χ2v) is 8.27. The van der Waals surface area contributed by atoms with Crippen LogP contribution in [0.3, 0.4) is 0 Å². The lowest BCUT2D eigenvalue weighted by Crippen LogP contribution is -2.50. The van der Waals surface area contributed by atoms with Crippen LogP contribution in [-0.4, -0.2) is 42.4 Å². The number of nitrogens with zero attached hydrogens (tertiary/aromatic N) is 2. The van der Waals surface area contributed by atoms with E-state index in [1.807, 2.05) is 29.2 Å². The fourth-order valence-corrected chi connectivity index (χ4v) is 4.44. The van der Waals surface area contributed by atoms with Gasteiger partial charge in [-0.2, -0.15) is 13.2 Å². The number of nitrogens with two attached hydrogens (primary N) is 1. The van der Waals surface area contributed by atoms with Gasteiger partial charge >= 0.3 is 6.18 Å². The molecule has 3 N–H and O–H groups in total. The van der Waals surface area contributed by atoms with Crippen molar-refractivity contribution in [3.63, 3.8) is 0 Å². The highest BCUT2D eigenvalue weighted by atomic mass is 19.4. The zero-order valence-corrected chi connectivity index (χ0v) is 17.5. The molecule has 2 aliphatic rings. The normalized spacial score (nSPS) is 19.0. The topological polar surface area (TPSA) is 78.7 Å². The lowest BCUT2D eigenvalue weighted by atomic mass is 9.93. The molecular formula is C23H25F3N4O2. The molecule has 0 bridgehead atoms. The van der Waals surface area contributed by atoms with Crippen LogP contribution in [0, 0.1) is 0 Å². The van der Waals surface area contributed by atoms with Gasteiger partial charge in [0, 0.05) is 19.6 Å². The SMILES string of the molecule is NC(=O)[C@@H]1Cc2ccccc2CN1CC(=O)Nc1cc(C(F)(F)F)ccc1N1CCCC1. The molecule has 2 aromatic carbocycles. The minimum absolute atomic E-state index is 0.125. The number of fused-ring (bicyclic) bond motifs is 1. The Bertz CT molecular complexity index is 1020. The van der Waals surface area contributed by atoms with Crippen LogP contribution in [0.2, 0.25) is 0 Å². The molecule has 2 aromatic rings. The van der Waals surface area contributed by atoms with Gasteiger partial charge in [0.2, 0.25) is 11.8 Å². The van der Waals surface area contributed by atoms with Gasteiger partial charge in [0.05, 0.1) is 29.5 Å². The first-order valence-electron chi connectivity index (χ1n) is 10.6. The molecule has 6 nitrogen and oxygen atoms in total. The molecule has 1 saturated heterocycles. The summed E-state index contributed by atoms with van der Waals surface area (Å²) in [6.45, 7) is 1.65. The summed E-state index contributed by atoms with van der Waals surface area (Å²) in [5, 5.41) is 2.66. The standard InChI is InChI=1S/C23H25F3N4O2/c24-23(25,26)17-7-8-19(29-9-3-4-10-29)18(12-17)28-21(31)14-30-13-16-6-2-1-5-15(16)11-20(30)22(27)32/h1-2,5-8,12,20H,3-4,9-11,13-14H2,(H2,27,32)(H,28,31)/t20-/m0/s1. The average Bonchev–Trinajstić information content (AvgIpc) is 3.27. The second-order valence-electron chi connectivity index (χ2n) is 8.27. The van der Waals surface area contributed by atoms with E-state index < -0.39 is 29.6 Å². The number of rotatable bonds is 5. The number of anilines is 2. The molecule has 0 saturated carbocycles. The van der Waals surface area contributed by atoms with Crippen molar-refractivity contribution in [1.82, 2.24) is 4.90 Å². The van der Waals surface area contributed by atoms with Crippen molar-refractivity contribution >= 4 is 23.2 Å². The van der Waals surface area contributed by atoms with E-state index in [4.69, 9.17) is 5.73 Å². The maximum absolute atomic E-state index is 13.3. The number of primary amides is 1. The predicted octanol–water partition coefficient (Wildman–Crippen LogP) is 3.16. The van der Waals surface area contributed by atoms with Gasteiger partial charge in [-0.25, -0.2) is 0 Å². The number of hydrogen-bond acceptors (Lipinski definition) is 4. The molecule has 2 aliphatic heterocycles. The Morgan fingerprint density at radius 2 is 1.75 bits per heavy atom. The highest BCUT2D eigenvalue weighted by Crippen LogP contribution is 2.36. The third-order valence-electron chi connectivity index (χ3n) is 6.07. The van der Waals surface area contributed by atoms with Crippen molar-refractivity contribution in [3.05, 3.63) is 59.2 Å². The minimum atomic E-state index is -4.52. The first kappa shape index (κ1) is 22.1. The lowest BCUT2D eigenvalue weighted by molar-refractivity contribution is -0.137. The highest BCUT2D eigenvalue weighted by molar-refractivity contribution is 5.96. The van der Waals surface area contributed by atoms with Crippen LogP contribution in [0.25, 0.3) is 0 Å². The first-order chi connectivity index (χ1) is 15.2. The van der Waals surface area contributed by atoms with Crippen LogP contribution in [0.5, 0.6) is 0 Å². The van der Waals surface area contributed by atoms with Gasteiger partial charge in [0.1, 0.15) is 0 Å². The number of amides is 2. The number of carbonyl (C=O) groups is 2. The summed E-state index contributed by atoms with van der Waals surface area (Å²) in [7, 11) is 0. The Kier molecular flexibility index (Phi) is 6.10. The van der Waals surface area contributed by atoms with Gasteiger partial charge in [-0.15, -0.1) is 0 Å². The van der Waals surface area contributed by atoms with Gasteiger partial charge < -0.3 is 16.0 Å². The van der Waals surface area contributed by atoms with E-state index in [9.17, 15) is 22.8 Å². The molecule has 0 aliphatic carbocycles. The molecule has 170 valence electrons. The van der Waals surface area contributed by atoms with Crippen LogP contribution in [0.15, 0.2) is 42.5 Å². The average molecular weight is 446 g/mol. The van der Waals surface area contributed by atoms with Crippen LogP contribution in [0.4, 0.5) is 24.5 Å². The molecule has 0 radical (unpaired) electrons. The van der Waals surface area contributed by atoms with Crippen molar-refractivity contribution in [2.75, 3.05) is 29.9 Å². The predicted molar refractivity (Wildman–Crippen MR) is 115 cm³/mol. The summed E-state index contributed by atoms with van der Waals surface area (Å²) >= 11 is 0. The van der Waals surface area contributed by atoms with Crippen molar-refractivity contribution < 1.29 is 22.8 Å². The van der Waals surface area contributed by atoms with Crippen molar-refractivity contribution in [2.24, 2.45) is 5.73 Å². The molecule has 0 aromatic heterocycles. The van der Waals surface area contributed by atoms with Crippen molar-refractivity contribution in [1.29, 1.82) is 0 Å². The Labute approximate surface area is 184 Å². The maximum atomic E-state index is 13.3. The Morgan fingerprint density at radius 3 is 2.41 bits per heavy atom. The maximum Gasteiger partial charge on any atom is 0.416 e. The largest absolute Gasteiger partial charge is 0.416 e. The van der Waals surface area contributed by atoms with Crippen LogP contribution in [0.1, 0.15) is 29.5 Å². The fraction of sp³-hybridized carbons (Fsp3) is 0.391. The van der Waals surface area contributed by atoms with E-state index in [0.29, 0.717) is 18.7 Å². The monoisotopic (exact) mass is 446 g/mol. The van der Waals surface area contributed by atoms with E-state index in [-0.39, 0.29) is 12.2 Å². The summed E-state index contributed by atoms with van der Waals surface area (Å²) in [4.78, 5) is 28.5. The summed E-state index contributed by atoms with van der Waals surface area (Å²) in [6.07, 6.45) is -2.23. The first-order valence-corrected chi connectivity index (χ1v) is 10.6.